The minimum atomic E-state index is -5.36. The molecule has 1 unspecified atom stereocenters. The smallest absolute Gasteiger partial charge is 0.386 e. The zero-order valence-electron chi connectivity index (χ0n) is 19.6. The summed E-state index contributed by atoms with van der Waals surface area (Å²) in [6, 6.07) is 12.8. The summed E-state index contributed by atoms with van der Waals surface area (Å²) >= 11 is 1.18. The zero-order chi connectivity index (χ0) is 27.9. The number of carbonyl (C=O) groups is 3. The number of benzene rings is 1. The normalized spacial score (nSPS) is 12.0. The highest BCUT2D eigenvalue weighted by molar-refractivity contribution is 8.13. The number of hydrogen-bond acceptors (Lipinski definition) is 8. The van der Waals surface area contributed by atoms with Crippen LogP contribution in [0, 0.1) is 5.41 Å². The fourth-order valence-corrected chi connectivity index (χ4v) is 3.81. The Morgan fingerprint density at radius 1 is 1.11 bits per heavy atom. The van der Waals surface area contributed by atoms with E-state index < -0.39 is 42.0 Å². The van der Waals surface area contributed by atoms with Crippen LogP contribution in [0.15, 0.2) is 65.6 Å². The van der Waals surface area contributed by atoms with E-state index in [-0.39, 0.29) is 10.7 Å². The van der Waals surface area contributed by atoms with Gasteiger partial charge in [0, 0.05) is 24.2 Å². The quantitative estimate of drug-likeness (QED) is 0.104. The van der Waals surface area contributed by atoms with Crippen LogP contribution in [0.2, 0.25) is 0 Å². The van der Waals surface area contributed by atoms with E-state index in [0.29, 0.717) is 29.1 Å². The molecule has 0 saturated heterocycles. The zero-order valence-corrected chi connectivity index (χ0v) is 20.4. The summed E-state index contributed by atoms with van der Waals surface area (Å²) in [4.78, 5) is 49.0. The number of nitrogens with two attached hydrogens (primary N) is 1. The average molecular weight is 550 g/mol. The Morgan fingerprint density at radius 2 is 1.82 bits per heavy atom. The molecule has 5 N–H and O–H groups in total. The Labute approximate surface area is 217 Å². The van der Waals surface area contributed by atoms with Gasteiger partial charge < -0.3 is 21.1 Å². The number of thioether (sulfide) groups is 1. The third-order valence-electron chi connectivity index (χ3n) is 5.10. The first-order valence-electron chi connectivity index (χ1n) is 11.0. The van der Waals surface area contributed by atoms with Gasteiger partial charge in [0.2, 0.25) is 0 Å². The topological polar surface area (TPSA) is 156 Å². The Bertz CT molecular complexity index is 1410. The molecular weight excluding hydrogens is 527 g/mol. The first-order valence-corrected chi connectivity index (χ1v) is 12.0. The number of nitrogens with zero attached hydrogens (tertiary/aromatic N) is 1. The number of rotatable bonds is 9. The van der Waals surface area contributed by atoms with Crippen molar-refractivity contribution >= 4 is 46.0 Å². The second kappa shape index (κ2) is 12.3. The summed E-state index contributed by atoms with van der Waals surface area (Å²) in [5.41, 5.74) is 5.87. The lowest BCUT2D eigenvalue weighted by molar-refractivity contribution is -0.202. The monoisotopic (exact) mass is 549 g/mol. The number of hydrogen-bond donors (Lipinski definition) is 4. The highest BCUT2D eigenvalue weighted by Gasteiger charge is 2.42. The first kappa shape index (κ1) is 28.2. The van der Waals surface area contributed by atoms with Crippen LogP contribution in [0.1, 0.15) is 28.4 Å². The number of aromatic nitrogens is 1. The van der Waals surface area contributed by atoms with Crippen LogP contribution in [0.3, 0.4) is 0 Å². The molecule has 3 aromatic rings. The van der Waals surface area contributed by atoms with E-state index in [1.807, 2.05) is 0 Å². The second-order valence-electron chi connectivity index (χ2n) is 7.80. The number of ether oxygens (including phenoxy) is 1. The van der Waals surface area contributed by atoms with E-state index in [0.717, 1.165) is 0 Å². The summed E-state index contributed by atoms with van der Waals surface area (Å²) in [5, 5.41) is 12.8. The Kier molecular flexibility index (Phi) is 9.12. The van der Waals surface area contributed by atoms with Gasteiger partial charge in [-0.15, -0.1) is 0 Å². The highest BCUT2D eigenvalue weighted by atomic mass is 32.2. The Balaban J connectivity index is 1.78. The molecule has 0 aliphatic carbocycles. The van der Waals surface area contributed by atoms with E-state index in [1.165, 1.54) is 46.6 Å². The molecule has 1 aromatic carbocycles. The summed E-state index contributed by atoms with van der Waals surface area (Å²) in [7, 11) is 0. The van der Waals surface area contributed by atoms with Crippen molar-refractivity contribution in [3.05, 3.63) is 82.3 Å². The maximum absolute atomic E-state index is 13.0. The number of nitrogens with one attached hydrogen (secondary N) is 3. The van der Waals surface area contributed by atoms with Crippen molar-refractivity contribution in [2.24, 2.45) is 5.73 Å². The highest BCUT2D eigenvalue weighted by Crippen LogP contribution is 2.21. The fourth-order valence-electron chi connectivity index (χ4n) is 3.38. The van der Waals surface area contributed by atoms with Crippen LogP contribution in [-0.4, -0.2) is 45.9 Å². The summed E-state index contributed by atoms with van der Waals surface area (Å²) in [6.45, 7) is 0.517. The lowest BCUT2D eigenvalue weighted by Crippen LogP contribution is -2.36. The molecule has 1 amide bonds. The maximum Gasteiger partial charge on any atom is 0.491 e. The third kappa shape index (κ3) is 7.59. The molecule has 200 valence electrons. The van der Waals surface area contributed by atoms with E-state index in [9.17, 15) is 32.3 Å². The van der Waals surface area contributed by atoms with Gasteiger partial charge in [-0.3, -0.25) is 24.2 Å². The average Bonchev–Trinajstić information content (AvgIpc) is 2.86. The Hall–Kier alpha value is -4.33. The van der Waals surface area contributed by atoms with E-state index in [2.05, 4.69) is 15.4 Å². The van der Waals surface area contributed by atoms with Crippen molar-refractivity contribution in [2.75, 3.05) is 17.6 Å². The van der Waals surface area contributed by atoms with E-state index in [1.54, 1.807) is 30.3 Å². The van der Waals surface area contributed by atoms with E-state index >= 15 is 0 Å². The minimum absolute atomic E-state index is 0.00358. The minimum Gasteiger partial charge on any atom is -0.386 e. The van der Waals surface area contributed by atoms with Crippen molar-refractivity contribution in [3.8, 4) is 0 Å². The van der Waals surface area contributed by atoms with Crippen molar-refractivity contribution in [2.45, 2.75) is 18.6 Å². The third-order valence-corrected chi connectivity index (χ3v) is 5.82. The number of anilines is 1. The van der Waals surface area contributed by atoms with Gasteiger partial charge in [-0.1, -0.05) is 42.1 Å². The molecule has 0 saturated carbocycles. The number of amides is 1. The van der Waals surface area contributed by atoms with Gasteiger partial charge in [0.25, 0.3) is 11.5 Å². The van der Waals surface area contributed by atoms with Gasteiger partial charge in [0.05, 0.1) is 18.0 Å². The van der Waals surface area contributed by atoms with Crippen LogP contribution >= 0.6 is 11.8 Å². The van der Waals surface area contributed by atoms with Crippen molar-refractivity contribution in [1.29, 1.82) is 5.41 Å². The lowest BCUT2D eigenvalue weighted by atomic mass is 10.0. The maximum atomic E-state index is 13.0. The van der Waals surface area contributed by atoms with Crippen LogP contribution < -0.4 is 21.9 Å². The van der Waals surface area contributed by atoms with Gasteiger partial charge in [0.1, 0.15) is 5.56 Å². The molecule has 1 atom stereocenters. The predicted octanol–water partition coefficient (Wildman–Crippen LogP) is 2.83. The molecule has 0 aliphatic rings. The standard InChI is InChI=1S/C24H22F3N5O5S/c25-24(26,27)22(36)37-19(33)13-18(14-4-2-1-3-5-14)31-20(34)17-7-6-16-12-15(8-10-32(16)21(17)35)30-9-11-38-23(28)29/h1-8,10,12,18,30H,9,11,13H2,(H3,28,29)(H,31,34). The molecule has 10 nitrogen and oxygen atoms in total. The second-order valence-corrected chi connectivity index (χ2v) is 8.94. The van der Waals surface area contributed by atoms with Gasteiger partial charge in [-0.2, -0.15) is 13.2 Å². The molecular formula is C24H22F3N5O5S. The number of alkyl halides is 3. The number of fused-ring (bicyclic) bond motifs is 1. The molecule has 3 rings (SSSR count). The molecule has 0 bridgehead atoms. The van der Waals surface area contributed by atoms with Gasteiger partial charge >= 0.3 is 18.1 Å². The van der Waals surface area contributed by atoms with Crippen molar-refractivity contribution < 1.29 is 32.3 Å². The number of halogens is 3. The number of pyridine rings is 2. The van der Waals surface area contributed by atoms with Crippen molar-refractivity contribution in [1.82, 2.24) is 9.72 Å². The predicted molar refractivity (Wildman–Crippen MR) is 135 cm³/mol. The van der Waals surface area contributed by atoms with Gasteiger partial charge in [0.15, 0.2) is 5.17 Å². The van der Waals surface area contributed by atoms with Gasteiger partial charge in [-0.25, -0.2) is 4.79 Å². The molecule has 2 aromatic heterocycles. The van der Waals surface area contributed by atoms with Crippen LogP contribution in [0.4, 0.5) is 18.9 Å². The molecule has 2 heterocycles. The molecule has 0 spiro atoms. The molecule has 0 radical (unpaired) electrons. The Morgan fingerprint density at radius 3 is 2.47 bits per heavy atom. The van der Waals surface area contributed by atoms with Gasteiger partial charge in [-0.05, 0) is 29.8 Å². The summed E-state index contributed by atoms with van der Waals surface area (Å²) in [5.74, 6) is -4.48. The molecule has 14 heteroatoms. The summed E-state index contributed by atoms with van der Waals surface area (Å²) in [6.07, 6.45) is -4.68. The number of esters is 2. The lowest BCUT2D eigenvalue weighted by Gasteiger charge is -2.18. The van der Waals surface area contributed by atoms with Crippen molar-refractivity contribution in [3.63, 3.8) is 0 Å². The van der Waals surface area contributed by atoms with E-state index in [4.69, 9.17) is 11.1 Å². The SMILES string of the molecule is N=C(N)SCCNc1ccn2c(=O)c(C(=O)NC(CC(=O)OC(=O)C(F)(F)F)c3ccccc3)ccc2c1. The first-order chi connectivity index (χ1) is 18.0. The number of carbonyl (C=O) groups excluding carboxylic acids is 3. The van der Waals surface area contributed by atoms with Crippen LogP contribution in [0.25, 0.3) is 5.52 Å². The molecule has 0 aliphatic heterocycles. The number of amidine groups is 1. The van der Waals surface area contributed by atoms with Crippen LogP contribution in [-0.2, 0) is 14.3 Å². The largest absolute Gasteiger partial charge is 0.491 e. The fraction of sp³-hybridized carbons (Fsp3) is 0.208. The van der Waals surface area contributed by atoms with Crippen LogP contribution in [0.5, 0.6) is 0 Å². The molecule has 38 heavy (non-hydrogen) atoms. The summed E-state index contributed by atoms with van der Waals surface area (Å²) < 4.78 is 42.4. The molecule has 0 fully saturated rings.